The third kappa shape index (κ3) is 2.25. The maximum atomic E-state index is 12.2. The Kier molecular flexibility index (Phi) is 2.80. The molecular formula is C9H9F3N2O3. The van der Waals surface area contributed by atoms with Gasteiger partial charge in [-0.15, -0.1) is 0 Å². The van der Waals surface area contributed by atoms with Crippen LogP contribution in [0.25, 0.3) is 0 Å². The molecule has 1 aliphatic carbocycles. The van der Waals surface area contributed by atoms with Crippen molar-refractivity contribution in [2.75, 3.05) is 0 Å². The van der Waals surface area contributed by atoms with Crippen molar-refractivity contribution in [3.8, 4) is 0 Å². The summed E-state index contributed by atoms with van der Waals surface area (Å²) in [5.41, 5.74) is 0. The standard InChI is InChI=1S/C9H9F3N2O3/c10-9(11,12)8-13-6(17-14-8)4-2-1-3-5(4)7(15)16/h4-5H,1-3H2,(H,15,16). The largest absolute Gasteiger partial charge is 0.481 e. The molecule has 1 N–H and O–H groups in total. The van der Waals surface area contributed by atoms with E-state index >= 15 is 0 Å². The molecule has 1 aromatic heterocycles. The molecule has 0 amide bonds. The summed E-state index contributed by atoms with van der Waals surface area (Å²) in [7, 11) is 0. The fourth-order valence-corrected chi connectivity index (χ4v) is 2.05. The Bertz CT molecular complexity index is 429. The zero-order valence-corrected chi connectivity index (χ0v) is 8.57. The van der Waals surface area contributed by atoms with Crippen molar-refractivity contribution in [2.24, 2.45) is 5.92 Å². The summed E-state index contributed by atoms with van der Waals surface area (Å²) in [6, 6.07) is 0. The molecule has 1 aliphatic rings. The van der Waals surface area contributed by atoms with Gasteiger partial charge in [0.15, 0.2) is 0 Å². The first kappa shape index (κ1) is 11.9. The molecule has 0 aliphatic heterocycles. The van der Waals surface area contributed by atoms with Gasteiger partial charge in [-0.05, 0) is 12.8 Å². The number of alkyl halides is 3. The van der Waals surface area contributed by atoms with E-state index in [1.54, 1.807) is 0 Å². The number of hydrogen-bond donors (Lipinski definition) is 1. The number of carboxylic acids is 1. The number of rotatable bonds is 2. The third-order valence-electron chi connectivity index (χ3n) is 2.85. The van der Waals surface area contributed by atoms with Crippen LogP contribution in [0.4, 0.5) is 13.2 Å². The van der Waals surface area contributed by atoms with Crippen molar-refractivity contribution in [1.29, 1.82) is 0 Å². The normalized spacial score (nSPS) is 25.1. The Hall–Kier alpha value is -1.60. The van der Waals surface area contributed by atoms with Crippen LogP contribution in [-0.2, 0) is 11.0 Å². The number of aliphatic carboxylic acids is 1. The number of nitrogens with zero attached hydrogens (tertiary/aromatic N) is 2. The predicted molar refractivity (Wildman–Crippen MR) is 47.0 cm³/mol. The van der Waals surface area contributed by atoms with Gasteiger partial charge < -0.3 is 9.63 Å². The molecule has 0 radical (unpaired) electrons. The minimum Gasteiger partial charge on any atom is -0.481 e. The van der Waals surface area contributed by atoms with E-state index in [0.29, 0.717) is 19.3 Å². The minimum atomic E-state index is -4.67. The van der Waals surface area contributed by atoms with Gasteiger partial charge in [0.1, 0.15) is 0 Å². The quantitative estimate of drug-likeness (QED) is 0.869. The molecule has 0 saturated heterocycles. The van der Waals surface area contributed by atoms with Crippen molar-refractivity contribution < 1.29 is 27.6 Å². The summed E-state index contributed by atoms with van der Waals surface area (Å²) in [5, 5.41) is 11.7. The highest BCUT2D eigenvalue weighted by molar-refractivity contribution is 5.71. The van der Waals surface area contributed by atoms with Crippen LogP contribution < -0.4 is 0 Å². The van der Waals surface area contributed by atoms with Gasteiger partial charge in [-0.1, -0.05) is 11.6 Å². The fourth-order valence-electron chi connectivity index (χ4n) is 2.05. The summed E-state index contributed by atoms with van der Waals surface area (Å²) in [5.74, 6) is -3.99. The van der Waals surface area contributed by atoms with E-state index in [4.69, 9.17) is 5.11 Å². The zero-order valence-electron chi connectivity index (χ0n) is 8.57. The number of carbonyl (C=O) groups is 1. The zero-order chi connectivity index (χ0) is 12.6. The lowest BCUT2D eigenvalue weighted by Gasteiger charge is -2.10. The Morgan fingerprint density at radius 1 is 1.41 bits per heavy atom. The highest BCUT2D eigenvalue weighted by Crippen LogP contribution is 2.39. The van der Waals surface area contributed by atoms with E-state index in [1.807, 2.05) is 0 Å². The summed E-state index contributed by atoms with van der Waals surface area (Å²) in [4.78, 5) is 14.1. The molecule has 5 nitrogen and oxygen atoms in total. The minimum absolute atomic E-state index is 0.234. The molecule has 0 bridgehead atoms. The predicted octanol–water partition coefficient (Wildman–Crippen LogP) is 2.06. The summed E-state index contributed by atoms with van der Waals surface area (Å²) in [6.07, 6.45) is -3.16. The second kappa shape index (κ2) is 4.01. The Morgan fingerprint density at radius 3 is 2.65 bits per heavy atom. The van der Waals surface area contributed by atoms with Gasteiger partial charge in [0.25, 0.3) is 5.82 Å². The smallest absolute Gasteiger partial charge is 0.455 e. The maximum absolute atomic E-state index is 12.2. The third-order valence-corrected chi connectivity index (χ3v) is 2.85. The number of halogens is 3. The molecular weight excluding hydrogens is 241 g/mol. The van der Waals surface area contributed by atoms with Crippen molar-refractivity contribution in [3.05, 3.63) is 11.7 Å². The lowest BCUT2D eigenvalue weighted by atomic mass is 9.96. The molecule has 0 spiro atoms. The molecule has 8 heteroatoms. The molecule has 1 saturated carbocycles. The maximum Gasteiger partial charge on any atom is 0.455 e. The van der Waals surface area contributed by atoms with E-state index < -0.39 is 29.8 Å². The van der Waals surface area contributed by atoms with Gasteiger partial charge in [0.05, 0.1) is 11.8 Å². The van der Waals surface area contributed by atoms with E-state index in [9.17, 15) is 18.0 Å². The van der Waals surface area contributed by atoms with Crippen LogP contribution in [0.5, 0.6) is 0 Å². The van der Waals surface area contributed by atoms with E-state index in [-0.39, 0.29) is 5.89 Å². The highest BCUT2D eigenvalue weighted by atomic mass is 19.4. The van der Waals surface area contributed by atoms with Crippen LogP contribution in [0.2, 0.25) is 0 Å². The molecule has 2 rings (SSSR count). The van der Waals surface area contributed by atoms with Crippen molar-refractivity contribution in [3.63, 3.8) is 0 Å². The topological polar surface area (TPSA) is 76.2 Å². The summed E-state index contributed by atoms with van der Waals surface area (Å²) >= 11 is 0. The molecule has 1 heterocycles. The van der Waals surface area contributed by atoms with Crippen LogP contribution >= 0.6 is 0 Å². The van der Waals surface area contributed by atoms with Crippen molar-refractivity contribution in [1.82, 2.24) is 10.1 Å². The Morgan fingerprint density at radius 2 is 2.12 bits per heavy atom. The monoisotopic (exact) mass is 250 g/mol. The number of aromatic nitrogens is 2. The van der Waals surface area contributed by atoms with Crippen LogP contribution in [0.15, 0.2) is 4.52 Å². The van der Waals surface area contributed by atoms with Gasteiger partial charge >= 0.3 is 12.1 Å². The Balaban J connectivity index is 2.23. The van der Waals surface area contributed by atoms with Crippen molar-refractivity contribution in [2.45, 2.75) is 31.4 Å². The second-order valence-corrected chi connectivity index (χ2v) is 3.94. The fraction of sp³-hybridized carbons (Fsp3) is 0.667. The summed E-state index contributed by atoms with van der Waals surface area (Å²) < 4.78 is 41.2. The lowest BCUT2D eigenvalue weighted by molar-refractivity contribution is -0.146. The van der Waals surface area contributed by atoms with Crippen molar-refractivity contribution >= 4 is 5.97 Å². The van der Waals surface area contributed by atoms with Gasteiger partial charge in [0, 0.05) is 0 Å². The molecule has 0 aromatic carbocycles. The average molecular weight is 250 g/mol. The first-order chi connectivity index (χ1) is 7.89. The number of hydrogen-bond acceptors (Lipinski definition) is 4. The van der Waals surface area contributed by atoms with Crippen LogP contribution in [0.3, 0.4) is 0 Å². The van der Waals surface area contributed by atoms with Gasteiger partial charge in [-0.3, -0.25) is 4.79 Å². The molecule has 2 unspecified atom stereocenters. The van der Waals surface area contributed by atoms with Crippen LogP contribution in [-0.4, -0.2) is 21.2 Å². The van der Waals surface area contributed by atoms with Gasteiger partial charge in [-0.25, -0.2) is 0 Å². The van der Waals surface area contributed by atoms with Crippen LogP contribution in [0, 0.1) is 5.92 Å². The SMILES string of the molecule is O=C(O)C1CCCC1c1nc(C(F)(F)F)no1. The lowest BCUT2D eigenvalue weighted by Crippen LogP contribution is -2.17. The second-order valence-electron chi connectivity index (χ2n) is 3.94. The first-order valence-corrected chi connectivity index (χ1v) is 5.03. The molecule has 2 atom stereocenters. The van der Waals surface area contributed by atoms with E-state index in [2.05, 4.69) is 14.7 Å². The van der Waals surface area contributed by atoms with Gasteiger partial charge in [-0.2, -0.15) is 18.2 Å². The molecule has 94 valence electrons. The highest BCUT2D eigenvalue weighted by Gasteiger charge is 2.41. The molecule has 17 heavy (non-hydrogen) atoms. The first-order valence-electron chi connectivity index (χ1n) is 5.03. The summed E-state index contributed by atoms with van der Waals surface area (Å²) in [6.45, 7) is 0. The van der Waals surface area contributed by atoms with Crippen LogP contribution in [0.1, 0.15) is 36.9 Å². The Labute approximate surface area is 93.6 Å². The molecule has 1 aromatic rings. The molecule has 1 fully saturated rings. The van der Waals surface area contributed by atoms with E-state index in [0.717, 1.165) is 0 Å². The van der Waals surface area contributed by atoms with E-state index in [1.165, 1.54) is 0 Å². The number of carboxylic acid groups (broad SMARTS) is 1. The van der Waals surface area contributed by atoms with Gasteiger partial charge in [0.2, 0.25) is 5.89 Å². The average Bonchev–Trinajstić information content (AvgIpc) is 2.85.